The molecule has 0 spiro atoms. The van der Waals surface area contributed by atoms with Crippen molar-refractivity contribution in [1.29, 1.82) is 0 Å². The van der Waals surface area contributed by atoms with E-state index in [-0.39, 0.29) is 5.91 Å². The number of carbonyl (C=O) groups excluding carboxylic acids is 1. The van der Waals surface area contributed by atoms with Crippen LogP contribution in [0.5, 0.6) is 0 Å². The Labute approximate surface area is 133 Å². The smallest absolute Gasteiger partial charge is 0.248 e. The summed E-state index contributed by atoms with van der Waals surface area (Å²) in [4.78, 5) is 18.0. The summed E-state index contributed by atoms with van der Waals surface area (Å²) in [5.41, 5.74) is 6.88. The van der Waals surface area contributed by atoms with E-state index in [9.17, 15) is 4.79 Å². The second kappa shape index (κ2) is 7.84. The Morgan fingerprint density at radius 2 is 1.86 bits per heavy atom. The lowest BCUT2D eigenvalue weighted by Crippen LogP contribution is -2.29. The molecule has 0 atom stereocenters. The standard InChI is InChI=1S/C17H26N4O/c1-3-19(4-2)10-5-11-20-12-13-21(14-20)16-8-6-15(7-9-16)17(18)22/h6-9,12-13H,3-5,10-11,14H2,1-2H3,(H2,18,22). The Kier molecular flexibility index (Phi) is 5.83. The average Bonchev–Trinajstić information content (AvgIpc) is 3.00. The lowest BCUT2D eigenvalue weighted by Gasteiger charge is -2.23. The number of rotatable bonds is 8. The normalized spacial score (nSPS) is 14.1. The molecule has 5 heteroatoms. The SMILES string of the molecule is CCN(CC)CCCN1C=CN(c2ccc(C(N)=O)cc2)C1. The maximum absolute atomic E-state index is 11.1. The van der Waals surface area contributed by atoms with Crippen LogP contribution in [-0.4, -0.2) is 48.6 Å². The van der Waals surface area contributed by atoms with E-state index in [0.717, 1.165) is 38.5 Å². The fraction of sp³-hybridized carbons (Fsp3) is 0.471. The number of nitrogens with zero attached hydrogens (tertiary/aromatic N) is 3. The second-order valence-corrected chi connectivity index (χ2v) is 5.51. The van der Waals surface area contributed by atoms with Gasteiger partial charge in [0.2, 0.25) is 5.91 Å². The number of hydrogen-bond donors (Lipinski definition) is 1. The molecule has 1 aliphatic rings. The van der Waals surface area contributed by atoms with E-state index >= 15 is 0 Å². The van der Waals surface area contributed by atoms with Crippen molar-refractivity contribution in [3.63, 3.8) is 0 Å². The topological polar surface area (TPSA) is 52.8 Å². The van der Waals surface area contributed by atoms with Gasteiger partial charge < -0.3 is 20.4 Å². The van der Waals surface area contributed by atoms with Gasteiger partial charge in [0.05, 0.1) is 6.67 Å². The maximum atomic E-state index is 11.1. The highest BCUT2D eigenvalue weighted by molar-refractivity contribution is 5.93. The van der Waals surface area contributed by atoms with Crippen LogP contribution in [0.15, 0.2) is 36.7 Å². The van der Waals surface area contributed by atoms with Gasteiger partial charge in [0.25, 0.3) is 0 Å². The third-order valence-corrected chi connectivity index (χ3v) is 4.09. The van der Waals surface area contributed by atoms with Crippen molar-refractivity contribution in [2.45, 2.75) is 20.3 Å². The number of hydrogen-bond acceptors (Lipinski definition) is 4. The largest absolute Gasteiger partial charge is 0.366 e. The minimum atomic E-state index is -0.387. The van der Waals surface area contributed by atoms with Gasteiger partial charge >= 0.3 is 0 Å². The molecule has 2 rings (SSSR count). The minimum Gasteiger partial charge on any atom is -0.366 e. The van der Waals surface area contributed by atoms with Gasteiger partial charge in [-0.3, -0.25) is 4.79 Å². The predicted octanol–water partition coefficient (Wildman–Crippen LogP) is 2.07. The van der Waals surface area contributed by atoms with Crippen LogP contribution in [0.1, 0.15) is 30.6 Å². The Morgan fingerprint density at radius 1 is 1.18 bits per heavy atom. The molecule has 0 saturated heterocycles. The van der Waals surface area contributed by atoms with E-state index in [1.165, 1.54) is 6.42 Å². The molecule has 0 bridgehead atoms. The van der Waals surface area contributed by atoms with Crippen molar-refractivity contribution < 1.29 is 4.79 Å². The Bertz CT molecular complexity index is 508. The molecule has 2 N–H and O–H groups in total. The van der Waals surface area contributed by atoms with E-state index in [1.807, 2.05) is 12.1 Å². The Hall–Kier alpha value is -2.01. The highest BCUT2D eigenvalue weighted by Crippen LogP contribution is 2.20. The van der Waals surface area contributed by atoms with Crippen LogP contribution in [0.2, 0.25) is 0 Å². The van der Waals surface area contributed by atoms with Gasteiger partial charge in [-0.1, -0.05) is 13.8 Å². The molecule has 1 heterocycles. The van der Waals surface area contributed by atoms with Crippen LogP contribution in [0.25, 0.3) is 0 Å². The molecule has 22 heavy (non-hydrogen) atoms. The molecule has 1 aliphatic heterocycles. The lowest BCUT2D eigenvalue weighted by molar-refractivity contribution is 0.100. The van der Waals surface area contributed by atoms with Crippen LogP contribution in [0, 0.1) is 0 Å². The van der Waals surface area contributed by atoms with E-state index in [1.54, 1.807) is 12.1 Å². The van der Waals surface area contributed by atoms with Gasteiger partial charge in [-0.2, -0.15) is 0 Å². The molecule has 1 aromatic carbocycles. The number of benzene rings is 1. The highest BCUT2D eigenvalue weighted by atomic mass is 16.1. The molecule has 0 unspecified atom stereocenters. The monoisotopic (exact) mass is 302 g/mol. The van der Waals surface area contributed by atoms with Crippen LogP contribution in [-0.2, 0) is 0 Å². The van der Waals surface area contributed by atoms with Crippen LogP contribution in [0.4, 0.5) is 5.69 Å². The van der Waals surface area contributed by atoms with E-state index in [2.05, 4.69) is 40.9 Å². The van der Waals surface area contributed by atoms with Gasteiger partial charge in [-0.05, 0) is 50.3 Å². The summed E-state index contributed by atoms with van der Waals surface area (Å²) in [5.74, 6) is -0.387. The number of anilines is 1. The zero-order valence-electron chi connectivity index (χ0n) is 13.5. The molecule has 0 saturated carbocycles. The Morgan fingerprint density at radius 3 is 2.45 bits per heavy atom. The van der Waals surface area contributed by atoms with Crippen molar-refractivity contribution in [3.05, 3.63) is 42.2 Å². The maximum Gasteiger partial charge on any atom is 0.248 e. The molecule has 0 aliphatic carbocycles. The summed E-state index contributed by atoms with van der Waals surface area (Å²) < 4.78 is 0. The minimum absolute atomic E-state index is 0.387. The Balaban J connectivity index is 1.80. The number of primary amides is 1. The van der Waals surface area contributed by atoms with E-state index in [4.69, 9.17) is 5.73 Å². The van der Waals surface area contributed by atoms with Crippen LogP contribution in [0.3, 0.4) is 0 Å². The first-order valence-electron chi connectivity index (χ1n) is 7.95. The fourth-order valence-corrected chi connectivity index (χ4v) is 2.63. The quantitative estimate of drug-likeness (QED) is 0.799. The molecule has 5 nitrogen and oxygen atoms in total. The van der Waals surface area contributed by atoms with Crippen molar-refractivity contribution in [1.82, 2.24) is 9.80 Å². The first-order chi connectivity index (χ1) is 10.6. The van der Waals surface area contributed by atoms with Crippen LogP contribution < -0.4 is 10.6 Å². The zero-order valence-corrected chi connectivity index (χ0v) is 13.5. The van der Waals surface area contributed by atoms with Crippen LogP contribution >= 0.6 is 0 Å². The number of nitrogens with two attached hydrogens (primary N) is 1. The third kappa shape index (κ3) is 4.24. The molecule has 0 radical (unpaired) electrons. The molecule has 1 amide bonds. The van der Waals surface area contributed by atoms with Crippen molar-refractivity contribution in [2.75, 3.05) is 37.7 Å². The summed E-state index contributed by atoms with van der Waals surface area (Å²) >= 11 is 0. The first-order valence-corrected chi connectivity index (χ1v) is 7.95. The summed E-state index contributed by atoms with van der Waals surface area (Å²) in [6.45, 7) is 9.70. The van der Waals surface area contributed by atoms with Gasteiger partial charge in [0.1, 0.15) is 0 Å². The molecule has 120 valence electrons. The molecule has 0 aromatic heterocycles. The summed E-state index contributed by atoms with van der Waals surface area (Å²) in [6, 6.07) is 7.41. The third-order valence-electron chi connectivity index (χ3n) is 4.09. The van der Waals surface area contributed by atoms with E-state index < -0.39 is 0 Å². The van der Waals surface area contributed by atoms with Crippen molar-refractivity contribution in [2.24, 2.45) is 5.73 Å². The molecule has 1 aromatic rings. The summed E-state index contributed by atoms with van der Waals surface area (Å²) in [6.07, 6.45) is 5.38. The van der Waals surface area contributed by atoms with Crippen molar-refractivity contribution in [3.8, 4) is 0 Å². The summed E-state index contributed by atoms with van der Waals surface area (Å²) in [7, 11) is 0. The highest BCUT2D eigenvalue weighted by Gasteiger charge is 2.14. The lowest BCUT2D eigenvalue weighted by atomic mass is 10.2. The van der Waals surface area contributed by atoms with Gasteiger partial charge in [-0.25, -0.2) is 0 Å². The summed E-state index contributed by atoms with van der Waals surface area (Å²) in [5, 5.41) is 0. The number of amides is 1. The molecule has 0 fully saturated rings. The van der Waals surface area contributed by atoms with Gasteiger partial charge in [0, 0.05) is 30.2 Å². The van der Waals surface area contributed by atoms with E-state index in [0.29, 0.717) is 5.56 Å². The average molecular weight is 302 g/mol. The first kappa shape index (κ1) is 16.4. The molecular formula is C17H26N4O. The van der Waals surface area contributed by atoms with Gasteiger partial charge in [-0.15, -0.1) is 0 Å². The molecular weight excluding hydrogens is 276 g/mol. The second-order valence-electron chi connectivity index (χ2n) is 5.51. The fourth-order valence-electron chi connectivity index (χ4n) is 2.63. The number of carbonyl (C=O) groups is 1. The van der Waals surface area contributed by atoms with Gasteiger partial charge in [0.15, 0.2) is 0 Å². The predicted molar refractivity (Wildman–Crippen MR) is 90.6 cm³/mol. The zero-order chi connectivity index (χ0) is 15.9. The van der Waals surface area contributed by atoms with Crippen molar-refractivity contribution >= 4 is 11.6 Å².